The van der Waals surface area contributed by atoms with Gasteiger partial charge in [-0.05, 0) is 36.0 Å². The summed E-state index contributed by atoms with van der Waals surface area (Å²) in [7, 11) is 0. The van der Waals surface area contributed by atoms with Crippen LogP contribution in [0.1, 0.15) is 82.8 Å². The van der Waals surface area contributed by atoms with Crippen LogP contribution in [0.2, 0.25) is 0 Å². The van der Waals surface area contributed by atoms with E-state index in [1.807, 2.05) is 6.07 Å². The number of hydrogen-bond donors (Lipinski definition) is 1. The molecule has 0 radical (unpaired) electrons. The molecule has 108 valence electrons. The molecule has 0 aliphatic rings. The second kappa shape index (κ2) is 9.01. The van der Waals surface area contributed by atoms with E-state index < -0.39 is 0 Å². The molecule has 0 spiro atoms. The number of phenolic OH excluding ortho intramolecular Hbond substituents is 1. The van der Waals surface area contributed by atoms with Crippen LogP contribution in [0, 0.1) is 0 Å². The van der Waals surface area contributed by atoms with Gasteiger partial charge in [-0.1, -0.05) is 71.4 Å². The molecule has 0 aliphatic heterocycles. The highest BCUT2D eigenvalue weighted by molar-refractivity contribution is 5.38. The zero-order valence-electron chi connectivity index (χ0n) is 12.9. The molecule has 1 aromatic carbocycles. The fraction of sp³-hybridized carbons (Fsp3) is 0.667. The van der Waals surface area contributed by atoms with E-state index in [-0.39, 0.29) is 0 Å². The van der Waals surface area contributed by atoms with Crippen molar-refractivity contribution in [3.8, 4) is 5.75 Å². The second-order valence-corrected chi connectivity index (χ2v) is 5.92. The summed E-state index contributed by atoms with van der Waals surface area (Å²) < 4.78 is 0. The van der Waals surface area contributed by atoms with Crippen molar-refractivity contribution in [2.24, 2.45) is 0 Å². The zero-order valence-corrected chi connectivity index (χ0v) is 12.9. The third kappa shape index (κ3) is 6.13. The number of benzene rings is 1. The standard InChI is InChI=1S/C18H30O/c1-4-5-6-7-8-9-10-11-16-12-13-18(19)17(14-16)15(2)3/h12-15,19H,4-11H2,1-3H3. The molecule has 0 aliphatic carbocycles. The predicted molar refractivity (Wildman–Crippen MR) is 83.9 cm³/mol. The number of aromatic hydroxyl groups is 1. The Kier molecular flexibility index (Phi) is 7.62. The normalized spacial score (nSPS) is 11.2. The van der Waals surface area contributed by atoms with E-state index in [2.05, 4.69) is 32.9 Å². The van der Waals surface area contributed by atoms with E-state index in [1.165, 1.54) is 50.5 Å². The van der Waals surface area contributed by atoms with Gasteiger partial charge in [-0.3, -0.25) is 0 Å². The first-order valence-electron chi connectivity index (χ1n) is 7.97. The molecular weight excluding hydrogens is 232 g/mol. The van der Waals surface area contributed by atoms with Gasteiger partial charge in [0.2, 0.25) is 0 Å². The summed E-state index contributed by atoms with van der Waals surface area (Å²) in [4.78, 5) is 0. The van der Waals surface area contributed by atoms with Crippen molar-refractivity contribution in [3.63, 3.8) is 0 Å². The van der Waals surface area contributed by atoms with Crippen molar-refractivity contribution < 1.29 is 5.11 Å². The molecule has 1 nitrogen and oxygen atoms in total. The van der Waals surface area contributed by atoms with Crippen molar-refractivity contribution in [1.82, 2.24) is 0 Å². The summed E-state index contributed by atoms with van der Waals surface area (Å²) in [6.07, 6.45) is 10.6. The van der Waals surface area contributed by atoms with Crippen LogP contribution in [0.4, 0.5) is 0 Å². The fourth-order valence-electron chi connectivity index (χ4n) is 2.51. The van der Waals surface area contributed by atoms with Crippen molar-refractivity contribution in [2.45, 2.75) is 78.1 Å². The Morgan fingerprint density at radius 2 is 1.58 bits per heavy atom. The average molecular weight is 262 g/mol. The van der Waals surface area contributed by atoms with Crippen molar-refractivity contribution in [1.29, 1.82) is 0 Å². The number of phenols is 1. The lowest BCUT2D eigenvalue weighted by atomic mass is 9.97. The Hall–Kier alpha value is -0.980. The topological polar surface area (TPSA) is 20.2 Å². The Morgan fingerprint density at radius 3 is 2.21 bits per heavy atom. The predicted octanol–water partition coefficient (Wildman–Crippen LogP) is 5.81. The maximum atomic E-state index is 9.80. The van der Waals surface area contributed by atoms with E-state index in [0.29, 0.717) is 11.7 Å². The summed E-state index contributed by atoms with van der Waals surface area (Å²) in [5, 5.41) is 9.80. The quantitative estimate of drug-likeness (QED) is 0.557. The van der Waals surface area contributed by atoms with Crippen molar-refractivity contribution in [2.75, 3.05) is 0 Å². The van der Waals surface area contributed by atoms with Gasteiger partial charge in [0.25, 0.3) is 0 Å². The molecule has 1 rings (SSSR count). The molecule has 0 aromatic heterocycles. The first-order valence-corrected chi connectivity index (χ1v) is 7.97. The summed E-state index contributed by atoms with van der Waals surface area (Å²) in [6.45, 7) is 6.52. The third-order valence-corrected chi connectivity index (χ3v) is 3.78. The number of aryl methyl sites for hydroxylation is 1. The Balaban J connectivity index is 2.28. The van der Waals surface area contributed by atoms with Crippen molar-refractivity contribution in [3.05, 3.63) is 29.3 Å². The second-order valence-electron chi connectivity index (χ2n) is 5.92. The zero-order chi connectivity index (χ0) is 14.1. The molecule has 0 unspecified atom stereocenters. The average Bonchev–Trinajstić information content (AvgIpc) is 2.39. The minimum atomic E-state index is 0.397. The highest BCUT2D eigenvalue weighted by Gasteiger charge is 2.06. The van der Waals surface area contributed by atoms with Crippen LogP contribution < -0.4 is 0 Å². The molecule has 19 heavy (non-hydrogen) atoms. The molecule has 0 bridgehead atoms. The smallest absolute Gasteiger partial charge is 0.119 e. The number of unbranched alkanes of at least 4 members (excludes halogenated alkanes) is 6. The summed E-state index contributed by atoms with van der Waals surface area (Å²) in [5.74, 6) is 0.840. The Labute approximate surface area is 119 Å². The molecule has 0 saturated heterocycles. The molecule has 0 fully saturated rings. The highest BCUT2D eigenvalue weighted by Crippen LogP contribution is 2.26. The van der Waals surface area contributed by atoms with Crippen LogP contribution in [0.5, 0.6) is 5.75 Å². The SMILES string of the molecule is CCCCCCCCCc1ccc(O)c(C(C)C)c1. The van der Waals surface area contributed by atoms with Gasteiger partial charge in [-0.25, -0.2) is 0 Å². The molecule has 0 amide bonds. The minimum absolute atomic E-state index is 0.397. The summed E-state index contributed by atoms with van der Waals surface area (Å²) in [5.41, 5.74) is 2.45. The molecule has 0 atom stereocenters. The molecule has 1 aromatic rings. The van der Waals surface area contributed by atoms with Crippen LogP contribution in [-0.4, -0.2) is 5.11 Å². The van der Waals surface area contributed by atoms with Gasteiger partial charge in [-0.2, -0.15) is 0 Å². The van der Waals surface area contributed by atoms with Gasteiger partial charge >= 0.3 is 0 Å². The lowest BCUT2D eigenvalue weighted by Gasteiger charge is -2.10. The van der Waals surface area contributed by atoms with Crippen molar-refractivity contribution >= 4 is 0 Å². The summed E-state index contributed by atoms with van der Waals surface area (Å²) in [6, 6.07) is 6.10. The van der Waals surface area contributed by atoms with E-state index in [4.69, 9.17) is 0 Å². The molecule has 0 saturated carbocycles. The Bertz CT molecular complexity index is 355. The van der Waals surface area contributed by atoms with Gasteiger partial charge in [0.15, 0.2) is 0 Å². The maximum Gasteiger partial charge on any atom is 0.119 e. The van der Waals surface area contributed by atoms with Gasteiger partial charge < -0.3 is 5.11 Å². The first kappa shape index (κ1) is 16.1. The van der Waals surface area contributed by atoms with Gasteiger partial charge in [-0.15, -0.1) is 0 Å². The van der Waals surface area contributed by atoms with E-state index in [0.717, 1.165) is 12.0 Å². The Morgan fingerprint density at radius 1 is 0.947 bits per heavy atom. The number of hydrogen-bond acceptors (Lipinski definition) is 1. The lowest BCUT2D eigenvalue weighted by Crippen LogP contribution is -1.92. The third-order valence-electron chi connectivity index (χ3n) is 3.78. The van der Waals surface area contributed by atoms with Crippen LogP contribution >= 0.6 is 0 Å². The van der Waals surface area contributed by atoms with Crippen LogP contribution in [0.3, 0.4) is 0 Å². The molecule has 1 heteroatoms. The summed E-state index contributed by atoms with van der Waals surface area (Å²) >= 11 is 0. The molecule has 1 N–H and O–H groups in total. The van der Waals surface area contributed by atoms with Crippen LogP contribution in [-0.2, 0) is 6.42 Å². The van der Waals surface area contributed by atoms with Crippen LogP contribution in [0.15, 0.2) is 18.2 Å². The molecular formula is C18H30O. The highest BCUT2D eigenvalue weighted by atomic mass is 16.3. The first-order chi connectivity index (χ1) is 9.15. The van der Waals surface area contributed by atoms with E-state index >= 15 is 0 Å². The monoisotopic (exact) mass is 262 g/mol. The largest absolute Gasteiger partial charge is 0.508 e. The maximum absolute atomic E-state index is 9.80. The fourth-order valence-corrected chi connectivity index (χ4v) is 2.51. The molecule has 0 heterocycles. The van der Waals surface area contributed by atoms with Gasteiger partial charge in [0.05, 0.1) is 0 Å². The van der Waals surface area contributed by atoms with Crippen LogP contribution in [0.25, 0.3) is 0 Å². The van der Waals surface area contributed by atoms with Gasteiger partial charge in [0.1, 0.15) is 5.75 Å². The van der Waals surface area contributed by atoms with E-state index in [9.17, 15) is 5.11 Å². The minimum Gasteiger partial charge on any atom is -0.508 e. The van der Waals surface area contributed by atoms with Gasteiger partial charge in [0, 0.05) is 0 Å². The lowest BCUT2D eigenvalue weighted by molar-refractivity contribution is 0.464. The number of rotatable bonds is 9. The van der Waals surface area contributed by atoms with E-state index in [1.54, 1.807) is 0 Å².